The first-order valence-electron chi connectivity index (χ1n) is 7.69. The smallest absolute Gasteiger partial charge is 0.272 e. The molecule has 21 heavy (non-hydrogen) atoms. The molecule has 112 valence electrons. The summed E-state index contributed by atoms with van der Waals surface area (Å²) in [5, 5.41) is 4.04. The van der Waals surface area contributed by atoms with Crippen molar-refractivity contribution in [2.75, 3.05) is 26.2 Å². The van der Waals surface area contributed by atoms with E-state index in [1.54, 1.807) is 24.0 Å². The quantitative estimate of drug-likeness (QED) is 0.807. The predicted octanol–water partition coefficient (Wildman–Crippen LogP) is 0.361. The molecule has 0 unspecified atom stereocenters. The van der Waals surface area contributed by atoms with E-state index in [0.29, 0.717) is 24.7 Å². The average Bonchev–Trinajstić information content (AvgIpc) is 2.90. The Balaban J connectivity index is 1.44. The highest BCUT2D eigenvalue weighted by atomic mass is 16.2. The zero-order chi connectivity index (χ0) is 14.6. The van der Waals surface area contributed by atoms with Crippen LogP contribution in [-0.4, -0.2) is 57.6 Å². The van der Waals surface area contributed by atoms with Crippen LogP contribution in [0.15, 0.2) is 12.3 Å². The summed E-state index contributed by atoms with van der Waals surface area (Å²) in [7, 11) is 1.77. The van der Waals surface area contributed by atoms with Gasteiger partial charge in [-0.25, -0.2) is 0 Å². The molecule has 0 spiro atoms. The number of carbonyl (C=O) groups is 2. The molecule has 0 radical (unpaired) electrons. The second-order valence-electron chi connectivity index (χ2n) is 6.60. The van der Waals surface area contributed by atoms with E-state index in [0.717, 1.165) is 19.0 Å². The summed E-state index contributed by atoms with van der Waals surface area (Å²) in [5.41, 5.74) is 0.595. The SMILES string of the molecule is Cn1nccc1C(=O)N1C[C@@H]2CN(CC3CC3)C(=O)[C@@H]2C1. The van der Waals surface area contributed by atoms with Gasteiger partial charge in [-0.2, -0.15) is 5.10 Å². The predicted molar refractivity (Wildman–Crippen MR) is 75.4 cm³/mol. The minimum absolute atomic E-state index is 0.00839. The van der Waals surface area contributed by atoms with Gasteiger partial charge in [0.25, 0.3) is 5.91 Å². The fraction of sp³-hybridized carbons (Fsp3) is 0.667. The number of amides is 2. The van der Waals surface area contributed by atoms with Gasteiger partial charge in [0.15, 0.2) is 0 Å². The Hall–Kier alpha value is -1.85. The van der Waals surface area contributed by atoms with Crippen molar-refractivity contribution >= 4 is 11.8 Å². The van der Waals surface area contributed by atoms with Crippen LogP contribution in [0.4, 0.5) is 0 Å². The second-order valence-corrected chi connectivity index (χ2v) is 6.60. The maximum Gasteiger partial charge on any atom is 0.272 e. The van der Waals surface area contributed by atoms with E-state index in [-0.39, 0.29) is 17.7 Å². The number of rotatable bonds is 3. The van der Waals surface area contributed by atoms with Crippen LogP contribution in [0.25, 0.3) is 0 Å². The van der Waals surface area contributed by atoms with Gasteiger partial charge in [-0.05, 0) is 24.8 Å². The maximum atomic E-state index is 12.5. The van der Waals surface area contributed by atoms with Crippen LogP contribution >= 0.6 is 0 Å². The number of carbonyl (C=O) groups excluding carboxylic acids is 2. The van der Waals surface area contributed by atoms with Crippen molar-refractivity contribution in [2.45, 2.75) is 12.8 Å². The van der Waals surface area contributed by atoms with Crippen molar-refractivity contribution in [2.24, 2.45) is 24.8 Å². The van der Waals surface area contributed by atoms with Crippen LogP contribution in [0, 0.1) is 17.8 Å². The Labute approximate surface area is 123 Å². The molecule has 4 rings (SSSR count). The molecule has 1 saturated carbocycles. The van der Waals surface area contributed by atoms with Crippen molar-refractivity contribution in [1.29, 1.82) is 0 Å². The van der Waals surface area contributed by atoms with Crippen molar-refractivity contribution in [1.82, 2.24) is 19.6 Å². The Morgan fingerprint density at radius 2 is 2.14 bits per heavy atom. The van der Waals surface area contributed by atoms with Crippen LogP contribution in [0.2, 0.25) is 0 Å². The van der Waals surface area contributed by atoms with E-state index in [2.05, 4.69) is 5.10 Å². The molecule has 3 fully saturated rings. The summed E-state index contributed by atoms with van der Waals surface area (Å²) in [6.45, 7) is 3.02. The maximum absolute atomic E-state index is 12.5. The van der Waals surface area contributed by atoms with Crippen LogP contribution in [-0.2, 0) is 11.8 Å². The van der Waals surface area contributed by atoms with Gasteiger partial charge in [-0.3, -0.25) is 14.3 Å². The molecule has 1 aromatic heterocycles. The molecular formula is C15H20N4O2. The lowest BCUT2D eigenvalue weighted by Crippen LogP contribution is -2.37. The van der Waals surface area contributed by atoms with Crippen molar-refractivity contribution < 1.29 is 9.59 Å². The first-order valence-corrected chi connectivity index (χ1v) is 7.69. The number of hydrogen-bond donors (Lipinski definition) is 0. The van der Waals surface area contributed by atoms with Gasteiger partial charge in [0.1, 0.15) is 5.69 Å². The van der Waals surface area contributed by atoms with Crippen molar-refractivity contribution in [3.05, 3.63) is 18.0 Å². The molecule has 0 N–H and O–H groups in total. The summed E-state index contributed by atoms with van der Waals surface area (Å²) < 4.78 is 1.59. The minimum Gasteiger partial charge on any atom is -0.342 e. The lowest BCUT2D eigenvalue weighted by molar-refractivity contribution is -0.131. The largest absolute Gasteiger partial charge is 0.342 e. The van der Waals surface area contributed by atoms with E-state index in [4.69, 9.17) is 0 Å². The van der Waals surface area contributed by atoms with E-state index in [1.165, 1.54) is 12.8 Å². The Kier molecular flexibility index (Phi) is 2.80. The topological polar surface area (TPSA) is 58.4 Å². The van der Waals surface area contributed by atoms with Gasteiger partial charge in [0.05, 0.1) is 5.92 Å². The van der Waals surface area contributed by atoms with Gasteiger partial charge in [-0.15, -0.1) is 0 Å². The van der Waals surface area contributed by atoms with Gasteiger partial charge in [0, 0.05) is 45.3 Å². The van der Waals surface area contributed by atoms with Gasteiger partial charge < -0.3 is 9.80 Å². The third kappa shape index (κ3) is 2.13. The number of fused-ring (bicyclic) bond motifs is 1. The molecule has 2 saturated heterocycles. The Morgan fingerprint density at radius 1 is 1.33 bits per heavy atom. The summed E-state index contributed by atoms with van der Waals surface area (Å²) in [6.07, 6.45) is 4.17. The Morgan fingerprint density at radius 3 is 2.76 bits per heavy atom. The third-order valence-electron chi connectivity index (χ3n) is 5.03. The molecule has 2 amide bonds. The number of nitrogens with zero attached hydrogens (tertiary/aromatic N) is 4. The zero-order valence-corrected chi connectivity index (χ0v) is 12.2. The fourth-order valence-corrected chi connectivity index (χ4v) is 3.63. The van der Waals surface area contributed by atoms with Crippen LogP contribution < -0.4 is 0 Å². The number of aryl methyl sites for hydroxylation is 1. The summed E-state index contributed by atoms with van der Waals surface area (Å²) in [4.78, 5) is 28.8. The fourth-order valence-electron chi connectivity index (χ4n) is 3.63. The summed E-state index contributed by atoms with van der Waals surface area (Å²) >= 11 is 0. The molecule has 6 nitrogen and oxygen atoms in total. The molecule has 2 atom stereocenters. The first-order chi connectivity index (χ1) is 10.1. The number of likely N-dealkylation sites (tertiary alicyclic amines) is 2. The van der Waals surface area contributed by atoms with E-state index < -0.39 is 0 Å². The standard InChI is InChI=1S/C15H20N4O2/c1-17-13(4-5-16-17)15(21)19-8-11-7-18(6-10-2-3-10)14(20)12(11)9-19/h4-5,10-12H,2-3,6-9H2,1H3/t11-,12+/m0/s1. The lowest BCUT2D eigenvalue weighted by atomic mass is 10.0. The van der Waals surface area contributed by atoms with Gasteiger partial charge in [0.2, 0.25) is 5.91 Å². The van der Waals surface area contributed by atoms with E-state index >= 15 is 0 Å². The van der Waals surface area contributed by atoms with Crippen molar-refractivity contribution in [3.8, 4) is 0 Å². The molecule has 1 aromatic rings. The van der Waals surface area contributed by atoms with Gasteiger partial charge in [-0.1, -0.05) is 0 Å². The van der Waals surface area contributed by atoms with Gasteiger partial charge >= 0.3 is 0 Å². The Bertz CT molecular complexity index is 592. The number of hydrogen-bond acceptors (Lipinski definition) is 3. The summed E-state index contributed by atoms with van der Waals surface area (Å²) in [6, 6.07) is 1.73. The first kappa shape index (κ1) is 12.9. The average molecular weight is 288 g/mol. The summed E-state index contributed by atoms with van der Waals surface area (Å²) in [5.74, 6) is 1.31. The van der Waals surface area contributed by atoms with Crippen molar-refractivity contribution in [3.63, 3.8) is 0 Å². The monoisotopic (exact) mass is 288 g/mol. The van der Waals surface area contributed by atoms with E-state index in [1.807, 2.05) is 9.80 Å². The highest BCUT2D eigenvalue weighted by Crippen LogP contribution is 2.36. The van der Waals surface area contributed by atoms with Crippen LogP contribution in [0.1, 0.15) is 23.3 Å². The van der Waals surface area contributed by atoms with E-state index in [9.17, 15) is 9.59 Å². The zero-order valence-electron chi connectivity index (χ0n) is 12.2. The van der Waals surface area contributed by atoms with Crippen LogP contribution in [0.5, 0.6) is 0 Å². The molecule has 0 aromatic carbocycles. The molecular weight excluding hydrogens is 268 g/mol. The molecule has 6 heteroatoms. The molecule has 1 aliphatic carbocycles. The highest BCUT2D eigenvalue weighted by Gasteiger charge is 2.48. The highest BCUT2D eigenvalue weighted by molar-refractivity contribution is 5.93. The normalized spacial score (nSPS) is 28.3. The van der Waals surface area contributed by atoms with Crippen LogP contribution in [0.3, 0.4) is 0 Å². The second kappa shape index (κ2) is 4.58. The third-order valence-corrected chi connectivity index (χ3v) is 5.03. The molecule has 3 aliphatic rings. The minimum atomic E-state index is -0.00839. The molecule has 3 heterocycles. The molecule has 0 bridgehead atoms. The number of aromatic nitrogens is 2. The lowest BCUT2D eigenvalue weighted by Gasteiger charge is -2.21. The molecule has 2 aliphatic heterocycles.